The molecule has 2 fully saturated rings. The van der Waals surface area contributed by atoms with Gasteiger partial charge in [-0.1, -0.05) is 30.3 Å². The van der Waals surface area contributed by atoms with Gasteiger partial charge in [0.05, 0.1) is 0 Å². The molecule has 1 aromatic carbocycles. The van der Waals surface area contributed by atoms with Crippen LogP contribution in [0.25, 0.3) is 0 Å². The zero-order chi connectivity index (χ0) is 20.9. The van der Waals surface area contributed by atoms with Gasteiger partial charge in [0.15, 0.2) is 0 Å². The largest absolute Gasteiger partial charge is 0.471 e. The maximum Gasteiger partial charge on any atom is 0.471 e. The minimum Gasteiger partial charge on any atom is -0.340 e. The molecule has 0 radical (unpaired) electrons. The monoisotopic (exact) mass is 415 g/mol. The van der Waals surface area contributed by atoms with Gasteiger partial charge in [0, 0.05) is 18.3 Å². The Labute approximate surface area is 164 Å². The quantitative estimate of drug-likeness (QED) is 0.761. The number of alkyl halides is 3. The van der Waals surface area contributed by atoms with E-state index in [-0.39, 0.29) is 5.91 Å². The molecule has 28 heavy (non-hydrogen) atoms. The summed E-state index contributed by atoms with van der Waals surface area (Å²) in [6, 6.07) is 7.22. The Balaban J connectivity index is 1.73. The predicted octanol–water partition coefficient (Wildman–Crippen LogP) is 1.75. The van der Waals surface area contributed by atoms with E-state index in [2.05, 4.69) is 0 Å². The number of rotatable bonds is 4. The van der Waals surface area contributed by atoms with E-state index in [0.29, 0.717) is 6.54 Å². The van der Waals surface area contributed by atoms with Crippen LogP contribution < -0.4 is 5.32 Å². The van der Waals surface area contributed by atoms with Gasteiger partial charge in [0.25, 0.3) is 0 Å². The van der Waals surface area contributed by atoms with Crippen LogP contribution in [0.15, 0.2) is 30.3 Å². The van der Waals surface area contributed by atoms with E-state index in [1.54, 1.807) is 26.2 Å². The minimum atomic E-state index is -5.06. The van der Waals surface area contributed by atoms with Crippen LogP contribution in [-0.4, -0.2) is 62.9 Å². The van der Waals surface area contributed by atoms with Crippen molar-refractivity contribution < 1.29 is 27.6 Å². The molecule has 0 bridgehead atoms. The Morgan fingerprint density at radius 1 is 1.25 bits per heavy atom. The maximum absolute atomic E-state index is 13.0. The van der Waals surface area contributed by atoms with Gasteiger partial charge in [-0.05, 0) is 19.4 Å². The average Bonchev–Trinajstić information content (AvgIpc) is 2.86. The van der Waals surface area contributed by atoms with Gasteiger partial charge in [-0.25, -0.2) is 0 Å². The van der Waals surface area contributed by atoms with Crippen molar-refractivity contribution in [3.8, 4) is 0 Å². The van der Waals surface area contributed by atoms with E-state index in [1.165, 1.54) is 21.6 Å². The van der Waals surface area contributed by atoms with E-state index < -0.39 is 40.2 Å². The first-order chi connectivity index (χ1) is 12.9. The highest BCUT2D eigenvalue weighted by Crippen LogP contribution is 2.51. The van der Waals surface area contributed by atoms with Crippen molar-refractivity contribution in [1.82, 2.24) is 15.1 Å². The third-order valence-electron chi connectivity index (χ3n) is 4.86. The second-order valence-corrected chi connectivity index (χ2v) is 9.16. The van der Waals surface area contributed by atoms with Crippen LogP contribution in [0.2, 0.25) is 0 Å². The summed E-state index contributed by atoms with van der Waals surface area (Å²) < 4.78 is 36.8. The summed E-state index contributed by atoms with van der Waals surface area (Å²) in [6.07, 6.45) is -5.06. The van der Waals surface area contributed by atoms with Crippen molar-refractivity contribution in [2.24, 2.45) is 0 Å². The van der Waals surface area contributed by atoms with Crippen LogP contribution in [0.3, 0.4) is 0 Å². The third kappa shape index (κ3) is 3.57. The number of carbonyl (C=O) groups is 3. The molecule has 2 aliphatic heterocycles. The third-order valence-corrected chi connectivity index (χ3v) is 6.43. The summed E-state index contributed by atoms with van der Waals surface area (Å²) in [5.74, 6) is -3.12. The molecule has 0 aromatic heterocycles. The number of nitrogens with one attached hydrogen (secondary N) is 1. The van der Waals surface area contributed by atoms with Crippen molar-refractivity contribution >= 4 is 29.5 Å². The van der Waals surface area contributed by atoms with Crippen molar-refractivity contribution in [1.29, 1.82) is 0 Å². The fourth-order valence-corrected chi connectivity index (χ4v) is 5.14. The molecule has 1 aromatic rings. The Morgan fingerprint density at radius 3 is 2.43 bits per heavy atom. The van der Waals surface area contributed by atoms with Crippen molar-refractivity contribution in [2.45, 2.75) is 48.8 Å². The van der Waals surface area contributed by atoms with Gasteiger partial charge in [-0.2, -0.15) is 13.2 Å². The normalized spacial score (nSPS) is 25.7. The lowest BCUT2D eigenvalue weighted by atomic mass is 9.94. The lowest BCUT2D eigenvalue weighted by molar-refractivity contribution is -0.178. The standard InChI is InChI=1S/C18H20F3N3O3S/c1-17(2)12(14(26)23(3)9-10-7-5-4-6-8-10)24-13(25)11(15(24)28-17)22-16(27)18(19,20)21/h4-8,11-12,15H,9H2,1-3H3,(H,22,27)/t11?,12?,15-/m0/s1. The number of hydrogen-bond donors (Lipinski definition) is 1. The first-order valence-corrected chi connectivity index (χ1v) is 9.48. The summed E-state index contributed by atoms with van der Waals surface area (Å²) in [7, 11) is 1.62. The smallest absolute Gasteiger partial charge is 0.340 e. The van der Waals surface area contributed by atoms with Crippen LogP contribution in [0.5, 0.6) is 0 Å². The Bertz CT molecular complexity index is 800. The number of benzene rings is 1. The first-order valence-electron chi connectivity index (χ1n) is 8.60. The number of likely N-dealkylation sites (N-methyl/N-ethyl adjacent to an activating group) is 1. The molecular weight excluding hydrogens is 395 g/mol. The molecule has 3 rings (SSSR count). The molecule has 0 spiro atoms. The van der Waals surface area contributed by atoms with E-state index >= 15 is 0 Å². The highest BCUT2D eigenvalue weighted by atomic mass is 32.2. The number of thioether (sulfide) groups is 1. The highest BCUT2D eigenvalue weighted by molar-refractivity contribution is 8.01. The molecule has 152 valence electrons. The lowest BCUT2D eigenvalue weighted by Gasteiger charge is -2.45. The van der Waals surface area contributed by atoms with Crippen LogP contribution in [0.1, 0.15) is 19.4 Å². The summed E-state index contributed by atoms with van der Waals surface area (Å²) in [5.41, 5.74) is 0.920. The van der Waals surface area contributed by atoms with Crippen molar-refractivity contribution in [3.05, 3.63) is 35.9 Å². The fraction of sp³-hybridized carbons (Fsp3) is 0.500. The summed E-state index contributed by atoms with van der Waals surface area (Å²) in [5, 5.41) is 1.04. The summed E-state index contributed by atoms with van der Waals surface area (Å²) >= 11 is 1.22. The molecule has 1 N–H and O–H groups in total. The van der Waals surface area contributed by atoms with Gasteiger partial charge in [0.2, 0.25) is 11.8 Å². The molecule has 2 saturated heterocycles. The summed E-state index contributed by atoms with van der Waals surface area (Å²) in [6.45, 7) is 3.88. The Morgan fingerprint density at radius 2 is 1.86 bits per heavy atom. The van der Waals surface area contributed by atoms with Crippen LogP contribution in [0, 0.1) is 0 Å². The summed E-state index contributed by atoms with van der Waals surface area (Å²) in [4.78, 5) is 39.5. The number of nitrogens with zero attached hydrogens (tertiary/aromatic N) is 2. The number of fused-ring (bicyclic) bond motifs is 1. The highest BCUT2D eigenvalue weighted by Gasteiger charge is 2.65. The van der Waals surface area contributed by atoms with Crippen molar-refractivity contribution in [3.63, 3.8) is 0 Å². The Kier molecular flexibility index (Phi) is 5.11. The molecular formula is C18H20F3N3O3S. The van der Waals surface area contributed by atoms with Crippen LogP contribution >= 0.6 is 11.8 Å². The number of hydrogen-bond acceptors (Lipinski definition) is 4. The van der Waals surface area contributed by atoms with Crippen molar-refractivity contribution in [2.75, 3.05) is 7.05 Å². The van der Waals surface area contributed by atoms with Gasteiger partial charge < -0.3 is 15.1 Å². The predicted molar refractivity (Wildman–Crippen MR) is 97.0 cm³/mol. The van der Waals surface area contributed by atoms with E-state index in [1.807, 2.05) is 30.3 Å². The van der Waals surface area contributed by atoms with Gasteiger partial charge in [-0.3, -0.25) is 14.4 Å². The lowest BCUT2D eigenvalue weighted by Crippen LogP contribution is -2.72. The van der Waals surface area contributed by atoms with Gasteiger partial charge in [0.1, 0.15) is 17.5 Å². The van der Waals surface area contributed by atoms with E-state index in [0.717, 1.165) is 5.56 Å². The van der Waals surface area contributed by atoms with Gasteiger partial charge >= 0.3 is 12.1 Å². The SMILES string of the molecule is CN(Cc1ccccc1)C(=O)C1N2C(=O)C(NC(=O)C(F)(F)F)[C@@H]2SC1(C)C. The van der Waals surface area contributed by atoms with Gasteiger partial charge in [-0.15, -0.1) is 11.8 Å². The number of β-lactam (4-membered cyclic amide) rings is 1. The molecule has 3 atom stereocenters. The Hall–Kier alpha value is -2.23. The molecule has 10 heteroatoms. The molecule has 2 unspecified atom stereocenters. The fourth-order valence-electron chi connectivity index (χ4n) is 3.51. The maximum atomic E-state index is 13.0. The zero-order valence-electron chi connectivity index (χ0n) is 15.5. The molecule has 2 heterocycles. The first kappa shape index (κ1) is 20.5. The molecule has 2 aliphatic rings. The number of halogens is 3. The zero-order valence-corrected chi connectivity index (χ0v) is 16.3. The second-order valence-electron chi connectivity index (χ2n) is 7.39. The molecule has 0 aliphatic carbocycles. The molecule has 0 saturated carbocycles. The number of amides is 3. The second kappa shape index (κ2) is 6.98. The average molecular weight is 415 g/mol. The molecule has 3 amide bonds. The van der Waals surface area contributed by atoms with E-state index in [9.17, 15) is 27.6 Å². The van der Waals surface area contributed by atoms with Crippen LogP contribution in [-0.2, 0) is 20.9 Å². The molecule has 6 nitrogen and oxygen atoms in total. The topological polar surface area (TPSA) is 69.7 Å². The van der Waals surface area contributed by atoms with Crippen LogP contribution in [0.4, 0.5) is 13.2 Å². The minimum absolute atomic E-state index is 0.294. The number of carbonyl (C=O) groups excluding carboxylic acids is 3. The van der Waals surface area contributed by atoms with E-state index in [4.69, 9.17) is 0 Å².